The van der Waals surface area contributed by atoms with E-state index in [1.54, 1.807) is 0 Å². The Balaban J connectivity index is 1.82. The van der Waals surface area contributed by atoms with Crippen molar-refractivity contribution in [3.8, 4) is 5.75 Å². The molecule has 5 nitrogen and oxygen atoms in total. The second-order valence-electron chi connectivity index (χ2n) is 8.69. The van der Waals surface area contributed by atoms with Gasteiger partial charge in [0.25, 0.3) is 11.8 Å². The fourth-order valence-corrected chi connectivity index (χ4v) is 5.19. The topological polar surface area (TPSA) is 81.4 Å². The molecule has 2 amide bonds. The van der Waals surface area contributed by atoms with Crippen LogP contribution in [0, 0.1) is 11.3 Å². The summed E-state index contributed by atoms with van der Waals surface area (Å²) >= 11 is 1.48. The van der Waals surface area contributed by atoms with Crippen LogP contribution in [0.4, 0.5) is 5.00 Å². The highest BCUT2D eigenvalue weighted by molar-refractivity contribution is 7.17. The minimum atomic E-state index is -0.639. The molecule has 0 saturated heterocycles. The molecule has 0 radical (unpaired) electrons. The Morgan fingerprint density at radius 3 is 2.55 bits per heavy atom. The summed E-state index contributed by atoms with van der Waals surface area (Å²) in [5.74, 6) is 0.444. The van der Waals surface area contributed by atoms with E-state index in [9.17, 15) is 9.59 Å². The van der Waals surface area contributed by atoms with Gasteiger partial charge in [0.1, 0.15) is 10.8 Å². The number of rotatable bonds is 6. The summed E-state index contributed by atoms with van der Waals surface area (Å²) in [6.07, 6.45) is 2.63. The Kier molecular flexibility index (Phi) is 6.32. The van der Waals surface area contributed by atoms with Gasteiger partial charge in [0.15, 0.2) is 6.10 Å². The highest BCUT2D eigenvalue weighted by Crippen LogP contribution is 2.44. The van der Waals surface area contributed by atoms with Crippen molar-refractivity contribution in [2.24, 2.45) is 17.1 Å². The zero-order chi connectivity index (χ0) is 21.2. The van der Waals surface area contributed by atoms with E-state index in [0.717, 1.165) is 29.7 Å². The zero-order valence-corrected chi connectivity index (χ0v) is 18.4. The number of benzene rings is 1. The van der Waals surface area contributed by atoms with Crippen LogP contribution in [0.5, 0.6) is 5.75 Å². The molecule has 29 heavy (non-hydrogen) atoms. The van der Waals surface area contributed by atoms with Gasteiger partial charge in [-0.15, -0.1) is 11.3 Å². The molecular formula is C23H30N2O3S. The first kappa shape index (κ1) is 21.4. The number of carbonyl (C=O) groups excluding carboxylic acids is 2. The van der Waals surface area contributed by atoms with E-state index in [1.165, 1.54) is 11.3 Å². The minimum Gasteiger partial charge on any atom is -0.481 e. The number of hydrogen-bond acceptors (Lipinski definition) is 4. The van der Waals surface area contributed by atoms with Crippen molar-refractivity contribution in [3.63, 3.8) is 0 Å². The Morgan fingerprint density at radius 2 is 1.97 bits per heavy atom. The number of primary amides is 1. The lowest BCUT2D eigenvalue weighted by Crippen LogP contribution is -2.32. The molecule has 0 spiro atoms. The standard InChI is InChI=1S/C23H30N2O3S/c1-5-17(28-15-9-7-6-8-10-15)21(27)25-22-19(20(24)26)16-12-11-14(23(2,3)4)13-18(16)29-22/h6-10,14,17H,5,11-13H2,1-4H3,(H2,24,26)(H,25,27). The lowest BCUT2D eigenvalue weighted by atomic mass is 9.72. The summed E-state index contributed by atoms with van der Waals surface area (Å²) in [4.78, 5) is 26.2. The molecule has 156 valence electrons. The number of amides is 2. The Labute approximate surface area is 176 Å². The van der Waals surface area contributed by atoms with E-state index in [0.29, 0.717) is 28.7 Å². The summed E-state index contributed by atoms with van der Waals surface area (Å²) in [6.45, 7) is 8.65. The van der Waals surface area contributed by atoms with Crippen molar-refractivity contribution >= 4 is 28.2 Å². The highest BCUT2D eigenvalue weighted by atomic mass is 32.1. The van der Waals surface area contributed by atoms with E-state index >= 15 is 0 Å². The van der Waals surface area contributed by atoms with Crippen LogP contribution in [0.25, 0.3) is 0 Å². The molecule has 2 unspecified atom stereocenters. The van der Waals surface area contributed by atoms with Crippen LogP contribution in [0.3, 0.4) is 0 Å². The maximum atomic E-state index is 12.9. The van der Waals surface area contributed by atoms with Crippen LogP contribution in [0.1, 0.15) is 61.3 Å². The monoisotopic (exact) mass is 414 g/mol. The quantitative estimate of drug-likeness (QED) is 0.713. The van der Waals surface area contributed by atoms with Gasteiger partial charge in [0.05, 0.1) is 5.56 Å². The molecule has 6 heteroatoms. The van der Waals surface area contributed by atoms with Crippen molar-refractivity contribution in [2.45, 2.75) is 59.5 Å². The molecule has 1 heterocycles. The third kappa shape index (κ3) is 4.81. The smallest absolute Gasteiger partial charge is 0.266 e. The van der Waals surface area contributed by atoms with Gasteiger partial charge in [-0.1, -0.05) is 45.9 Å². The van der Waals surface area contributed by atoms with Crippen molar-refractivity contribution in [2.75, 3.05) is 5.32 Å². The molecule has 1 aliphatic carbocycles. The molecule has 0 saturated carbocycles. The molecule has 2 aromatic rings. The number of nitrogens with two attached hydrogens (primary N) is 1. The predicted molar refractivity (Wildman–Crippen MR) is 118 cm³/mol. The fraction of sp³-hybridized carbons (Fsp3) is 0.478. The molecule has 1 aliphatic rings. The van der Waals surface area contributed by atoms with Crippen LogP contribution in [0.15, 0.2) is 30.3 Å². The highest BCUT2D eigenvalue weighted by Gasteiger charge is 2.34. The van der Waals surface area contributed by atoms with E-state index in [4.69, 9.17) is 10.5 Å². The lowest BCUT2D eigenvalue weighted by molar-refractivity contribution is -0.122. The van der Waals surface area contributed by atoms with Crippen LogP contribution in [0.2, 0.25) is 0 Å². The molecule has 0 aliphatic heterocycles. The number of ether oxygens (including phenoxy) is 1. The Bertz CT molecular complexity index is 884. The third-order valence-electron chi connectivity index (χ3n) is 5.66. The number of para-hydroxylation sites is 1. The average Bonchev–Trinajstić information content (AvgIpc) is 3.03. The summed E-state index contributed by atoms with van der Waals surface area (Å²) < 4.78 is 5.84. The summed E-state index contributed by atoms with van der Waals surface area (Å²) in [6, 6.07) is 9.27. The number of hydrogen-bond donors (Lipinski definition) is 2. The maximum Gasteiger partial charge on any atom is 0.266 e. The van der Waals surface area contributed by atoms with Crippen LogP contribution >= 0.6 is 11.3 Å². The number of nitrogens with one attached hydrogen (secondary N) is 1. The first-order valence-corrected chi connectivity index (χ1v) is 11.0. The van der Waals surface area contributed by atoms with Crippen LogP contribution in [-0.2, 0) is 17.6 Å². The SMILES string of the molecule is CCC(Oc1ccccc1)C(=O)Nc1sc2c(c1C(N)=O)CCC(C(C)(C)C)C2. The van der Waals surface area contributed by atoms with Gasteiger partial charge in [-0.3, -0.25) is 9.59 Å². The number of fused-ring (bicyclic) bond motifs is 1. The van der Waals surface area contributed by atoms with Gasteiger partial charge >= 0.3 is 0 Å². The number of carbonyl (C=O) groups is 2. The molecular weight excluding hydrogens is 384 g/mol. The van der Waals surface area contributed by atoms with Gasteiger partial charge in [-0.25, -0.2) is 0 Å². The van der Waals surface area contributed by atoms with Gasteiger partial charge in [-0.05, 0) is 54.7 Å². The molecule has 3 N–H and O–H groups in total. The molecule has 2 atom stereocenters. The largest absolute Gasteiger partial charge is 0.481 e. The minimum absolute atomic E-state index is 0.203. The van der Waals surface area contributed by atoms with Crippen molar-refractivity contribution in [1.82, 2.24) is 0 Å². The van der Waals surface area contributed by atoms with E-state index < -0.39 is 12.0 Å². The van der Waals surface area contributed by atoms with E-state index in [-0.39, 0.29) is 11.3 Å². The van der Waals surface area contributed by atoms with E-state index in [1.807, 2.05) is 37.3 Å². The first-order chi connectivity index (χ1) is 13.7. The third-order valence-corrected chi connectivity index (χ3v) is 6.83. The Hall–Kier alpha value is -2.34. The molecule has 0 bridgehead atoms. The van der Waals surface area contributed by atoms with Crippen LogP contribution < -0.4 is 15.8 Å². The van der Waals surface area contributed by atoms with Crippen molar-refractivity contribution in [1.29, 1.82) is 0 Å². The van der Waals surface area contributed by atoms with Gasteiger partial charge in [-0.2, -0.15) is 0 Å². The number of anilines is 1. The van der Waals surface area contributed by atoms with Gasteiger partial charge < -0.3 is 15.8 Å². The average molecular weight is 415 g/mol. The van der Waals surface area contributed by atoms with Crippen molar-refractivity contribution < 1.29 is 14.3 Å². The van der Waals surface area contributed by atoms with E-state index in [2.05, 4.69) is 26.1 Å². The summed E-state index contributed by atoms with van der Waals surface area (Å²) in [5, 5.41) is 3.48. The molecule has 0 fully saturated rings. The molecule has 3 rings (SSSR count). The summed E-state index contributed by atoms with van der Waals surface area (Å²) in [5.41, 5.74) is 7.38. The number of thiophene rings is 1. The second-order valence-corrected chi connectivity index (χ2v) is 9.80. The predicted octanol–water partition coefficient (Wildman–Crippen LogP) is 4.79. The van der Waals surface area contributed by atoms with Crippen molar-refractivity contribution in [3.05, 3.63) is 46.3 Å². The Morgan fingerprint density at radius 1 is 1.28 bits per heavy atom. The summed E-state index contributed by atoms with van der Waals surface area (Å²) in [7, 11) is 0. The lowest BCUT2D eigenvalue weighted by Gasteiger charge is -2.33. The second kappa shape index (κ2) is 8.57. The molecule has 1 aromatic carbocycles. The maximum absolute atomic E-state index is 12.9. The van der Waals surface area contributed by atoms with Gasteiger partial charge in [0.2, 0.25) is 0 Å². The van der Waals surface area contributed by atoms with Gasteiger partial charge in [0, 0.05) is 4.88 Å². The zero-order valence-electron chi connectivity index (χ0n) is 17.6. The molecule has 1 aromatic heterocycles. The fourth-order valence-electron chi connectivity index (χ4n) is 3.85. The first-order valence-electron chi connectivity index (χ1n) is 10.2. The van der Waals surface area contributed by atoms with Crippen LogP contribution in [-0.4, -0.2) is 17.9 Å². The normalized spacial score (nSPS) is 17.3.